The number of benzene rings is 1. The maximum Gasteiger partial charge on any atom is 0.337 e. The quantitative estimate of drug-likeness (QED) is 0.338. The van der Waals surface area contributed by atoms with Gasteiger partial charge >= 0.3 is 5.97 Å². The number of rotatable bonds is 16. The largest absolute Gasteiger partial charge is 0.491 e. The summed E-state index contributed by atoms with van der Waals surface area (Å²) >= 11 is 0. The van der Waals surface area contributed by atoms with Crippen LogP contribution in [0.4, 0.5) is 0 Å². The van der Waals surface area contributed by atoms with Crippen molar-refractivity contribution in [1.82, 2.24) is 0 Å². The molecule has 0 atom stereocenters. The Morgan fingerprint density at radius 2 is 1.23 bits per heavy atom. The first-order valence-corrected chi connectivity index (χ1v) is 8.51. The number of carbonyl (C=O) groups is 1. The summed E-state index contributed by atoms with van der Waals surface area (Å²) in [5.74, 6) is 0.290. The third-order valence-electron chi connectivity index (χ3n) is 3.12. The predicted octanol–water partition coefficient (Wildman–Crippen LogP) is 0.911. The summed E-state index contributed by atoms with van der Waals surface area (Å²) in [6, 6.07) is 6.72. The number of hydrogen-bond acceptors (Lipinski definition) is 8. The summed E-state index contributed by atoms with van der Waals surface area (Å²) in [5.41, 5.74) is 0.481. The highest BCUT2D eigenvalue weighted by Crippen LogP contribution is 2.12. The van der Waals surface area contributed by atoms with Crippen LogP contribution in [0, 0.1) is 0 Å². The molecule has 0 aliphatic heterocycles. The molecule has 0 radical (unpaired) electrons. The Labute approximate surface area is 153 Å². The van der Waals surface area contributed by atoms with Crippen molar-refractivity contribution in [1.29, 1.82) is 0 Å². The maximum atomic E-state index is 11.3. The van der Waals surface area contributed by atoms with E-state index in [4.69, 9.17) is 28.8 Å². The van der Waals surface area contributed by atoms with Gasteiger partial charge in [-0.3, -0.25) is 0 Å². The number of hydrogen-bond donors (Lipinski definition) is 1. The van der Waals surface area contributed by atoms with Crippen LogP contribution < -0.4 is 4.74 Å². The van der Waals surface area contributed by atoms with Crippen LogP contribution in [-0.2, 0) is 23.7 Å². The zero-order valence-corrected chi connectivity index (χ0v) is 15.2. The first-order chi connectivity index (χ1) is 12.8. The van der Waals surface area contributed by atoms with Crippen LogP contribution in [0.15, 0.2) is 24.3 Å². The van der Waals surface area contributed by atoms with Gasteiger partial charge < -0.3 is 33.5 Å². The van der Waals surface area contributed by atoms with Crippen LogP contribution in [0.3, 0.4) is 0 Å². The molecular weight excluding hydrogens is 344 g/mol. The average molecular weight is 372 g/mol. The first-order valence-electron chi connectivity index (χ1n) is 8.51. The van der Waals surface area contributed by atoms with E-state index >= 15 is 0 Å². The molecule has 8 nitrogen and oxygen atoms in total. The van der Waals surface area contributed by atoms with E-state index in [0.717, 1.165) is 0 Å². The van der Waals surface area contributed by atoms with Crippen LogP contribution in [0.5, 0.6) is 5.75 Å². The Morgan fingerprint density at radius 1 is 0.769 bits per heavy atom. The fourth-order valence-corrected chi connectivity index (χ4v) is 1.85. The summed E-state index contributed by atoms with van der Waals surface area (Å²) in [6.07, 6.45) is 0. The standard InChI is InChI=1S/C18H28O8/c1-21-18(20)16-2-4-17(5-3-16)26-15-14-25-13-12-24-11-10-23-9-8-22-7-6-19/h2-5,19H,6-15H2,1H3. The minimum absolute atomic E-state index is 0.0236. The fourth-order valence-electron chi connectivity index (χ4n) is 1.85. The van der Waals surface area contributed by atoms with Crippen LogP contribution in [0.1, 0.15) is 10.4 Å². The molecule has 0 aliphatic carbocycles. The molecular formula is C18H28O8. The first kappa shape index (κ1) is 22.3. The van der Waals surface area contributed by atoms with Gasteiger partial charge in [0.15, 0.2) is 0 Å². The second-order valence-corrected chi connectivity index (χ2v) is 5.04. The van der Waals surface area contributed by atoms with E-state index in [9.17, 15) is 4.79 Å². The topological polar surface area (TPSA) is 92.7 Å². The van der Waals surface area contributed by atoms with Gasteiger partial charge in [-0.05, 0) is 24.3 Å². The van der Waals surface area contributed by atoms with E-state index in [2.05, 4.69) is 4.74 Å². The number of aliphatic hydroxyl groups excluding tert-OH is 1. The third kappa shape index (κ3) is 11.0. The van der Waals surface area contributed by atoms with Crippen molar-refractivity contribution in [3.63, 3.8) is 0 Å². The molecule has 0 aromatic heterocycles. The molecule has 0 unspecified atom stereocenters. The minimum atomic E-state index is -0.375. The molecule has 8 heteroatoms. The van der Waals surface area contributed by atoms with E-state index in [0.29, 0.717) is 70.8 Å². The van der Waals surface area contributed by atoms with Gasteiger partial charge in [0.05, 0.1) is 72.1 Å². The van der Waals surface area contributed by atoms with Crippen molar-refractivity contribution >= 4 is 5.97 Å². The molecule has 1 aromatic rings. The molecule has 0 amide bonds. The summed E-state index contributed by atoms with van der Waals surface area (Å²) in [6.45, 7) is 4.11. The van der Waals surface area contributed by atoms with Gasteiger partial charge in [-0.15, -0.1) is 0 Å². The van der Waals surface area contributed by atoms with E-state index in [1.165, 1.54) is 7.11 Å². The van der Waals surface area contributed by atoms with E-state index in [1.807, 2.05) is 0 Å². The van der Waals surface area contributed by atoms with Crippen LogP contribution in [0.25, 0.3) is 0 Å². The zero-order chi connectivity index (χ0) is 18.9. The Hall–Kier alpha value is -1.71. The number of methoxy groups -OCH3 is 1. The lowest BCUT2D eigenvalue weighted by molar-refractivity contribution is -0.00779. The smallest absolute Gasteiger partial charge is 0.337 e. The number of ether oxygens (including phenoxy) is 6. The lowest BCUT2D eigenvalue weighted by atomic mass is 10.2. The minimum Gasteiger partial charge on any atom is -0.491 e. The van der Waals surface area contributed by atoms with Crippen molar-refractivity contribution in [3.8, 4) is 5.75 Å². The highest BCUT2D eigenvalue weighted by molar-refractivity contribution is 5.89. The second kappa shape index (κ2) is 15.5. The molecule has 148 valence electrons. The molecule has 26 heavy (non-hydrogen) atoms. The highest BCUT2D eigenvalue weighted by atomic mass is 16.6. The summed E-state index contributed by atoms with van der Waals surface area (Å²) < 4.78 is 31.2. The number of carbonyl (C=O) groups excluding carboxylic acids is 1. The number of aliphatic hydroxyl groups is 1. The lowest BCUT2D eigenvalue weighted by Gasteiger charge is -2.08. The van der Waals surface area contributed by atoms with Gasteiger partial charge in [-0.1, -0.05) is 0 Å². The molecule has 0 aliphatic rings. The van der Waals surface area contributed by atoms with E-state index in [1.54, 1.807) is 24.3 Å². The van der Waals surface area contributed by atoms with Crippen molar-refractivity contribution in [3.05, 3.63) is 29.8 Å². The molecule has 1 rings (SSSR count). The SMILES string of the molecule is COC(=O)c1ccc(OCCOCCOCCOCCOCCO)cc1. The van der Waals surface area contributed by atoms with Crippen molar-refractivity contribution in [2.24, 2.45) is 0 Å². The van der Waals surface area contributed by atoms with Gasteiger partial charge in [0.25, 0.3) is 0 Å². The Balaban J connectivity index is 1.88. The van der Waals surface area contributed by atoms with Crippen molar-refractivity contribution < 1.29 is 38.3 Å². The molecule has 0 fully saturated rings. The molecule has 0 saturated heterocycles. The van der Waals surface area contributed by atoms with Crippen molar-refractivity contribution in [2.75, 3.05) is 73.2 Å². The molecule has 0 heterocycles. The fraction of sp³-hybridized carbons (Fsp3) is 0.611. The Kier molecular flexibility index (Phi) is 13.3. The zero-order valence-electron chi connectivity index (χ0n) is 15.2. The van der Waals surface area contributed by atoms with Gasteiger partial charge in [-0.2, -0.15) is 0 Å². The van der Waals surface area contributed by atoms with Gasteiger partial charge in [0.2, 0.25) is 0 Å². The monoisotopic (exact) mass is 372 g/mol. The molecule has 0 spiro atoms. The molecule has 0 saturated carbocycles. The number of esters is 1. The maximum absolute atomic E-state index is 11.3. The Bertz CT molecular complexity index is 463. The molecule has 1 aromatic carbocycles. The van der Waals surface area contributed by atoms with Crippen LogP contribution >= 0.6 is 0 Å². The summed E-state index contributed by atoms with van der Waals surface area (Å²) in [4.78, 5) is 11.3. The van der Waals surface area contributed by atoms with E-state index < -0.39 is 0 Å². The van der Waals surface area contributed by atoms with Gasteiger partial charge in [0.1, 0.15) is 12.4 Å². The predicted molar refractivity (Wildman–Crippen MR) is 93.6 cm³/mol. The van der Waals surface area contributed by atoms with Gasteiger partial charge in [0, 0.05) is 0 Å². The van der Waals surface area contributed by atoms with Crippen LogP contribution in [-0.4, -0.2) is 84.3 Å². The van der Waals surface area contributed by atoms with E-state index in [-0.39, 0.29) is 12.6 Å². The normalized spacial score (nSPS) is 10.7. The van der Waals surface area contributed by atoms with Crippen molar-refractivity contribution in [2.45, 2.75) is 0 Å². The third-order valence-corrected chi connectivity index (χ3v) is 3.12. The summed E-state index contributed by atoms with van der Waals surface area (Å²) in [7, 11) is 1.34. The summed E-state index contributed by atoms with van der Waals surface area (Å²) in [5, 5.41) is 8.52. The average Bonchev–Trinajstić information content (AvgIpc) is 2.68. The van der Waals surface area contributed by atoms with Gasteiger partial charge in [-0.25, -0.2) is 4.79 Å². The molecule has 1 N–H and O–H groups in total. The Morgan fingerprint density at radius 3 is 1.69 bits per heavy atom. The van der Waals surface area contributed by atoms with Crippen LogP contribution in [0.2, 0.25) is 0 Å². The lowest BCUT2D eigenvalue weighted by Crippen LogP contribution is -2.14. The molecule has 0 bridgehead atoms. The second-order valence-electron chi connectivity index (χ2n) is 5.04. The highest BCUT2D eigenvalue weighted by Gasteiger charge is 2.04.